The van der Waals surface area contributed by atoms with Gasteiger partial charge in [0.1, 0.15) is 11.5 Å². The third-order valence-corrected chi connectivity index (χ3v) is 3.71. The summed E-state index contributed by atoms with van der Waals surface area (Å²) in [5.41, 5.74) is 1.51. The molecule has 1 heterocycles. The third-order valence-electron chi connectivity index (χ3n) is 3.71. The number of rotatable bonds is 3. The van der Waals surface area contributed by atoms with E-state index in [2.05, 4.69) is 0 Å². The zero-order chi connectivity index (χ0) is 13.5. The lowest BCUT2D eigenvalue weighted by molar-refractivity contribution is -0.138. The van der Waals surface area contributed by atoms with Crippen molar-refractivity contribution in [3.63, 3.8) is 0 Å². The van der Waals surface area contributed by atoms with Crippen LogP contribution in [0.1, 0.15) is 18.9 Å². The molecule has 0 unspecified atom stereocenters. The predicted molar refractivity (Wildman–Crippen MR) is 69.5 cm³/mol. The van der Waals surface area contributed by atoms with Crippen molar-refractivity contribution in [2.24, 2.45) is 0 Å². The largest absolute Gasteiger partial charge is 0.497 e. The second kappa shape index (κ2) is 4.30. The zero-order valence-electron chi connectivity index (χ0n) is 11.1. The molecule has 2 aliphatic rings. The van der Waals surface area contributed by atoms with Crippen LogP contribution in [0.15, 0.2) is 29.8 Å². The molecule has 19 heavy (non-hydrogen) atoms. The summed E-state index contributed by atoms with van der Waals surface area (Å²) in [6, 6.07) is 5.73. The van der Waals surface area contributed by atoms with Gasteiger partial charge >= 0.3 is 5.97 Å². The first kappa shape index (κ1) is 12.1. The van der Waals surface area contributed by atoms with Gasteiger partial charge in [-0.15, -0.1) is 0 Å². The number of carbonyl (C=O) groups is 1. The van der Waals surface area contributed by atoms with Crippen molar-refractivity contribution < 1.29 is 19.0 Å². The van der Waals surface area contributed by atoms with Crippen LogP contribution >= 0.6 is 0 Å². The standard InChI is InChI=1S/C15H16O4/c1-3-18-14(16)12-9-15(12)6-7-19-13-8-10(17-2)4-5-11(13)15/h4-5,8-9H,3,6-7H2,1-2H3/t15-/m0/s1. The van der Waals surface area contributed by atoms with Crippen LogP contribution < -0.4 is 9.47 Å². The second-order valence-corrected chi connectivity index (χ2v) is 4.71. The molecule has 1 atom stereocenters. The van der Waals surface area contributed by atoms with E-state index >= 15 is 0 Å². The van der Waals surface area contributed by atoms with Crippen LogP contribution in [0.25, 0.3) is 0 Å². The van der Waals surface area contributed by atoms with Crippen LogP contribution in [0.2, 0.25) is 0 Å². The minimum absolute atomic E-state index is 0.217. The van der Waals surface area contributed by atoms with Crippen LogP contribution in [0.3, 0.4) is 0 Å². The number of allylic oxidation sites excluding steroid dienone is 1. The molecule has 0 saturated carbocycles. The first-order chi connectivity index (χ1) is 9.21. The molecule has 1 spiro atoms. The molecular formula is C15H16O4. The van der Waals surface area contributed by atoms with Crippen LogP contribution in [0, 0.1) is 0 Å². The Morgan fingerprint density at radius 3 is 3.05 bits per heavy atom. The Morgan fingerprint density at radius 2 is 2.32 bits per heavy atom. The summed E-state index contributed by atoms with van der Waals surface area (Å²) in [5.74, 6) is 1.33. The van der Waals surface area contributed by atoms with E-state index in [0.717, 1.165) is 29.1 Å². The number of hydrogen-bond donors (Lipinski definition) is 0. The van der Waals surface area contributed by atoms with Gasteiger partial charge in [0.05, 0.1) is 25.7 Å². The van der Waals surface area contributed by atoms with E-state index in [1.807, 2.05) is 31.2 Å². The second-order valence-electron chi connectivity index (χ2n) is 4.71. The maximum absolute atomic E-state index is 11.9. The number of hydrogen-bond acceptors (Lipinski definition) is 4. The fraction of sp³-hybridized carbons (Fsp3) is 0.400. The highest BCUT2D eigenvalue weighted by molar-refractivity contribution is 5.99. The molecule has 3 rings (SSSR count). The molecule has 4 heteroatoms. The summed E-state index contributed by atoms with van der Waals surface area (Å²) < 4.78 is 15.9. The Kier molecular flexibility index (Phi) is 2.73. The molecule has 0 N–H and O–H groups in total. The molecule has 0 saturated heterocycles. The minimum Gasteiger partial charge on any atom is -0.497 e. The monoisotopic (exact) mass is 260 g/mol. The topological polar surface area (TPSA) is 44.8 Å². The molecule has 100 valence electrons. The van der Waals surface area contributed by atoms with E-state index < -0.39 is 0 Å². The first-order valence-corrected chi connectivity index (χ1v) is 6.43. The Labute approximate surface area is 112 Å². The van der Waals surface area contributed by atoms with Gasteiger partial charge in [0.2, 0.25) is 0 Å². The lowest BCUT2D eigenvalue weighted by Gasteiger charge is -2.27. The van der Waals surface area contributed by atoms with Crippen LogP contribution in [0.5, 0.6) is 11.5 Å². The fourth-order valence-corrected chi connectivity index (χ4v) is 2.66. The highest BCUT2D eigenvalue weighted by Gasteiger charge is 2.53. The average molecular weight is 260 g/mol. The van der Waals surface area contributed by atoms with Crippen LogP contribution in [0.4, 0.5) is 0 Å². The van der Waals surface area contributed by atoms with E-state index in [1.165, 1.54) is 0 Å². The molecule has 1 aliphatic heterocycles. The predicted octanol–water partition coefficient (Wildman–Crippen LogP) is 2.22. The van der Waals surface area contributed by atoms with Gasteiger partial charge in [0, 0.05) is 17.2 Å². The molecule has 4 nitrogen and oxygen atoms in total. The summed E-state index contributed by atoms with van der Waals surface area (Å²) >= 11 is 0. The lowest BCUT2D eigenvalue weighted by atomic mass is 9.85. The minimum atomic E-state index is -0.272. The van der Waals surface area contributed by atoms with E-state index in [0.29, 0.717) is 13.2 Å². The maximum atomic E-state index is 11.9. The Balaban J connectivity index is 1.91. The molecule has 0 fully saturated rings. The fourth-order valence-electron chi connectivity index (χ4n) is 2.66. The SMILES string of the molecule is CCOC(=O)C1=C[C@]12CCOc1cc(OC)ccc12. The zero-order valence-corrected chi connectivity index (χ0v) is 11.1. The number of benzene rings is 1. The summed E-state index contributed by atoms with van der Waals surface area (Å²) in [7, 11) is 1.62. The quantitative estimate of drug-likeness (QED) is 0.782. The van der Waals surface area contributed by atoms with Gasteiger partial charge in [-0.2, -0.15) is 0 Å². The number of esters is 1. The highest BCUT2D eigenvalue weighted by atomic mass is 16.5. The maximum Gasteiger partial charge on any atom is 0.334 e. The van der Waals surface area contributed by atoms with Crippen LogP contribution in [-0.2, 0) is 14.9 Å². The Morgan fingerprint density at radius 1 is 1.47 bits per heavy atom. The average Bonchev–Trinajstić information content (AvgIpc) is 3.14. The molecule has 0 radical (unpaired) electrons. The van der Waals surface area contributed by atoms with Crippen molar-refractivity contribution in [1.82, 2.24) is 0 Å². The van der Waals surface area contributed by atoms with Crippen molar-refractivity contribution in [1.29, 1.82) is 0 Å². The highest BCUT2D eigenvalue weighted by Crippen LogP contribution is 2.55. The number of ether oxygens (including phenoxy) is 3. The molecule has 1 aromatic rings. The van der Waals surface area contributed by atoms with E-state index in [1.54, 1.807) is 7.11 Å². The smallest absolute Gasteiger partial charge is 0.334 e. The molecule has 0 aromatic heterocycles. The van der Waals surface area contributed by atoms with Crippen LogP contribution in [-0.4, -0.2) is 26.3 Å². The molecule has 1 aromatic carbocycles. The van der Waals surface area contributed by atoms with Gasteiger partial charge in [-0.1, -0.05) is 12.1 Å². The summed E-state index contributed by atoms with van der Waals surface area (Å²) in [5, 5.41) is 0. The van der Waals surface area contributed by atoms with Gasteiger partial charge in [-0.05, 0) is 19.4 Å². The van der Waals surface area contributed by atoms with E-state index in [4.69, 9.17) is 14.2 Å². The first-order valence-electron chi connectivity index (χ1n) is 6.43. The summed E-state index contributed by atoms with van der Waals surface area (Å²) in [6.07, 6.45) is 2.78. The molecule has 0 bridgehead atoms. The van der Waals surface area contributed by atoms with Gasteiger partial charge in [-0.25, -0.2) is 4.79 Å². The Hall–Kier alpha value is -1.97. The van der Waals surface area contributed by atoms with Gasteiger partial charge in [-0.3, -0.25) is 0 Å². The number of fused-ring (bicyclic) bond motifs is 2. The Bertz CT molecular complexity index is 561. The van der Waals surface area contributed by atoms with Gasteiger partial charge in [0.25, 0.3) is 0 Å². The van der Waals surface area contributed by atoms with Crippen molar-refractivity contribution in [3.05, 3.63) is 35.4 Å². The van der Waals surface area contributed by atoms with Crippen molar-refractivity contribution in [2.45, 2.75) is 18.8 Å². The van der Waals surface area contributed by atoms with Crippen molar-refractivity contribution in [2.75, 3.05) is 20.3 Å². The van der Waals surface area contributed by atoms with Gasteiger partial charge in [0.15, 0.2) is 0 Å². The summed E-state index contributed by atoms with van der Waals surface area (Å²) in [4.78, 5) is 11.9. The van der Waals surface area contributed by atoms with E-state index in [-0.39, 0.29) is 11.4 Å². The molecule has 1 aliphatic carbocycles. The number of methoxy groups -OCH3 is 1. The lowest BCUT2D eigenvalue weighted by Crippen LogP contribution is -2.25. The van der Waals surface area contributed by atoms with E-state index in [9.17, 15) is 4.79 Å². The normalized spacial score (nSPS) is 23.2. The molecular weight excluding hydrogens is 244 g/mol. The summed E-state index contributed by atoms with van der Waals surface area (Å²) in [6.45, 7) is 2.81. The number of carbonyl (C=O) groups excluding carboxylic acids is 1. The molecule has 0 amide bonds. The third kappa shape index (κ3) is 1.79. The van der Waals surface area contributed by atoms with Gasteiger partial charge < -0.3 is 14.2 Å². The van der Waals surface area contributed by atoms with Crippen molar-refractivity contribution >= 4 is 5.97 Å². The van der Waals surface area contributed by atoms with Crippen molar-refractivity contribution in [3.8, 4) is 11.5 Å².